The van der Waals surface area contributed by atoms with Crippen molar-refractivity contribution in [2.75, 3.05) is 14.1 Å². The van der Waals surface area contributed by atoms with E-state index in [2.05, 4.69) is 13.8 Å². The number of rotatable bonds is 12. The molecule has 4 heteroatoms. The molecule has 0 radical (unpaired) electrons. The molecule has 0 saturated heterocycles. The first-order chi connectivity index (χ1) is 9.52. The lowest BCUT2D eigenvalue weighted by Crippen LogP contribution is -2.36. The van der Waals surface area contributed by atoms with Gasteiger partial charge in [-0.25, -0.2) is 0 Å². The van der Waals surface area contributed by atoms with Gasteiger partial charge in [0.1, 0.15) is 12.1 Å². The first kappa shape index (κ1) is 23.0. The number of carbonyl (C=O) groups excluding carboxylic acids is 1. The predicted molar refractivity (Wildman–Crippen MR) is 93.2 cm³/mol. The Morgan fingerprint density at radius 3 is 2.05 bits per heavy atom. The average Bonchev–Trinajstić information content (AvgIpc) is 2.41. The zero-order valence-electron chi connectivity index (χ0n) is 14.7. The molecular formula is C17H36ClNO2. The smallest absolute Gasteiger partial charge is 0.323 e. The zero-order chi connectivity index (χ0) is 15.4. The molecule has 21 heavy (non-hydrogen) atoms. The molecule has 0 rings (SSSR count). The molecule has 0 aromatic heterocycles. The molecule has 128 valence electrons. The summed E-state index contributed by atoms with van der Waals surface area (Å²) in [5.74, 6) is -0.0839. The minimum atomic E-state index is -0.154. The largest absolute Gasteiger partial charge is 0.461 e. The molecule has 0 saturated carbocycles. The zero-order valence-corrected chi connectivity index (χ0v) is 15.5. The lowest BCUT2D eigenvalue weighted by Gasteiger charge is -2.23. The second-order valence-electron chi connectivity index (χ2n) is 6.04. The summed E-state index contributed by atoms with van der Waals surface area (Å²) in [6.07, 6.45) is 10.9. The van der Waals surface area contributed by atoms with Crippen LogP contribution in [0.1, 0.15) is 78.6 Å². The van der Waals surface area contributed by atoms with Crippen molar-refractivity contribution in [2.45, 2.75) is 90.7 Å². The summed E-state index contributed by atoms with van der Waals surface area (Å²) < 4.78 is 5.66. The molecule has 0 fully saturated rings. The molecule has 0 aliphatic rings. The van der Waals surface area contributed by atoms with Crippen LogP contribution in [0.25, 0.3) is 0 Å². The Kier molecular flexibility index (Phi) is 16.0. The van der Waals surface area contributed by atoms with Crippen LogP contribution < -0.4 is 0 Å². The van der Waals surface area contributed by atoms with Crippen LogP contribution in [-0.2, 0) is 9.53 Å². The van der Waals surface area contributed by atoms with E-state index < -0.39 is 0 Å². The lowest BCUT2D eigenvalue weighted by molar-refractivity contribution is -0.154. The van der Waals surface area contributed by atoms with Gasteiger partial charge in [-0.05, 0) is 40.3 Å². The first-order valence-corrected chi connectivity index (χ1v) is 8.39. The second kappa shape index (κ2) is 14.6. The van der Waals surface area contributed by atoms with Gasteiger partial charge in [-0.15, -0.1) is 12.4 Å². The van der Waals surface area contributed by atoms with Gasteiger partial charge in [0.25, 0.3) is 0 Å². The molecule has 0 amide bonds. The van der Waals surface area contributed by atoms with Crippen molar-refractivity contribution in [1.82, 2.24) is 4.90 Å². The number of nitrogens with zero attached hydrogens (tertiary/aromatic N) is 1. The van der Waals surface area contributed by atoms with E-state index in [-0.39, 0.29) is 30.5 Å². The molecule has 0 aromatic rings. The van der Waals surface area contributed by atoms with Crippen LogP contribution in [-0.4, -0.2) is 37.1 Å². The van der Waals surface area contributed by atoms with Crippen LogP contribution in [0.3, 0.4) is 0 Å². The quantitative estimate of drug-likeness (QED) is 0.381. The molecule has 0 aromatic carbocycles. The van der Waals surface area contributed by atoms with E-state index in [1.807, 2.05) is 25.9 Å². The van der Waals surface area contributed by atoms with Crippen LogP contribution in [0.4, 0.5) is 0 Å². The van der Waals surface area contributed by atoms with Crippen LogP contribution in [0.15, 0.2) is 0 Å². The number of unbranched alkanes of at least 4 members (excludes halogenated alkanes) is 5. The van der Waals surface area contributed by atoms with E-state index in [1.165, 1.54) is 38.5 Å². The minimum Gasteiger partial charge on any atom is -0.461 e. The van der Waals surface area contributed by atoms with E-state index >= 15 is 0 Å². The van der Waals surface area contributed by atoms with Crippen molar-refractivity contribution in [3.63, 3.8) is 0 Å². The van der Waals surface area contributed by atoms with E-state index in [1.54, 1.807) is 0 Å². The van der Waals surface area contributed by atoms with Gasteiger partial charge in [0.2, 0.25) is 0 Å². The highest BCUT2D eigenvalue weighted by Crippen LogP contribution is 2.15. The average molecular weight is 322 g/mol. The fraction of sp³-hybridized carbons (Fsp3) is 0.941. The van der Waals surface area contributed by atoms with Crippen molar-refractivity contribution >= 4 is 18.4 Å². The van der Waals surface area contributed by atoms with Gasteiger partial charge >= 0.3 is 5.97 Å². The Bertz CT molecular complexity index is 247. The molecular weight excluding hydrogens is 286 g/mol. The van der Waals surface area contributed by atoms with Gasteiger partial charge in [0, 0.05) is 0 Å². The monoisotopic (exact) mass is 321 g/mol. The molecule has 0 heterocycles. The van der Waals surface area contributed by atoms with E-state index in [0.717, 1.165) is 19.3 Å². The van der Waals surface area contributed by atoms with Crippen molar-refractivity contribution in [2.24, 2.45) is 0 Å². The molecule has 0 aliphatic heterocycles. The normalized spacial score (nSPS) is 13.6. The van der Waals surface area contributed by atoms with Gasteiger partial charge < -0.3 is 4.74 Å². The van der Waals surface area contributed by atoms with Gasteiger partial charge in [0.05, 0.1) is 0 Å². The highest BCUT2D eigenvalue weighted by molar-refractivity contribution is 5.85. The summed E-state index contributed by atoms with van der Waals surface area (Å²) in [6.45, 7) is 6.29. The molecule has 2 unspecified atom stereocenters. The number of hydrogen-bond acceptors (Lipinski definition) is 3. The SMILES string of the molecule is CCCCCCCCC(CCC)OC(=O)C(C)N(C)C.Cl. The molecule has 3 nitrogen and oxygen atoms in total. The summed E-state index contributed by atoms with van der Waals surface area (Å²) in [7, 11) is 3.82. The van der Waals surface area contributed by atoms with Crippen LogP contribution in [0.5, 0.6) is 0 Å². The number of ether oxygens (including phenoxy) is 1. The van der Waals surface area contributed by atoms with E-state index in [4.69, 9.17) is 4.74 Å². The molecule has 0 bridgehead atoms. The fourth-order valence-electron chi connectivity index (χ4n) is 2.21. The highest BCUT2D eigenvalue weighted by atomic mass is 35.5. The third-order valence-corrected chi connectivity index (χ3v) is 3.89. The first-order valence-electron chi connectivity index (χ1n) is 8.39. The summed E-state index contributed by atoms with van der Waals surface area (Å²) in [5, 5.41) is 0. The maximum atomic E-state index is 12.0. The number of likely N-dealkylation sites (N-methyl/N-ethyl adjacent to an activating group) is 1. The second-order valence-corrected chi connectivity index (χ2v) is 6.04. The molecule has 0 N–H and O–H groups in total. The molecule has 0 spiro atoms. The Morgan fingerprint density at radius 2 is 1.52 bits per heavy atom. The molecule has 2 atom stereocenters. The van der Waals surface area contributed by atoms with Crippen LogP contribution in [0, 0.1) is 0 Å². The highest BCUT2D eigenvalue weighted by Gasteiger charge is 2.20. The maximum absolute atomic E-state index is 12.0. The minimum absolute atomic E-state index is 0. The van der Waals surface area contributed by atoms with Gasteiger partial charge in [0.15, 0.2) is 0 Å². The molecule has 0 aliphatic carbocycles. The third-order valence-electron chi connectivity index (χ3n) is 3.89. The summed E-state index contributed by atoms with van der Waals surface area (Å²) in [6, 6.07) is -0.154. The number of carbonyl (C=O) groups is 1. The number of hydrogen-bond donors (Lipinski definition) is 0. The Labute approximate surface area is 138 Å². The standard InChI is InChI=1S/C17H35NO2.ClH/c1-6-8-9-10-11-12-14-16(13-7-2)20-17(19)15(3)18(4)5;/h15-16H,6-14H2,1-5H3;1H. The van der Waals surface area contributed by atoms with E-state index in [0.29, 0.717) is 0 Å². The maximum Gasteiger partial charge on any atom is 0.323 e. The summed E-state index contributed by atoms with van der Waals surface area (Å²) in [4.78, 5) is 13.9. The van der Waals surface area contributed by atoms with E-state index in [9.17, 15) is 4.79 Å². The third kappa shape index (κ3) is 12.0. The van der Waals surface area contributed by atoms with Gasteiger partial charge in [-0.3, -0.25) is 9.69 Å². The van der Waals surface area contributed by atoms with Crippen LogP contribution >= 0.6 is 12.4 Å². The Hall–Kier alpha value is -0.280. The topological polar surface area (TPSA) is 29.5 Å². The fourth-order valence-corrected chi connectivity index (χ4v) is 2.21. The number of halogens is 1. The predicted octanol–water partition coefficient (Wildman–Crippen LogP) is 4.82. The van der Waals surface area contributed by atoms with Gasteiger partial charge in [-0.2, -0.15) is 0 Å². The summed E-state index contributed by atoms with van der Waals surface area (Å²) in [5.41, 5.74) is 0. The Morgan fingerprint density at radius 1 is 0.952 bits per heavy atom. The van der Waals surface area contributed by atoms with Crippen molar-refractivity contribution in [1.29, 1.82) is 0 Å². The van der Waals surface area contributed by atoms with Gasteiger partial charge in [-0.1, -0.05) is 52.4 Å². The summed E-state index contributed by atoms with van der Waals surface area (Å²) >= 11 is 0. The Balaban J connectivity index is 0. The van der Waals surface area contributed by atoms with Crippen molar-refractivity contribution < 1.29 is 9.53 Å². The lowest BCUT2D eigenvalue weighted by atomic mass is 10.0. The van der Waals surface area contributed by atoms with Crippen LogP contribution in [0.2, 0.25) is 0 Å². The van der Waals surface area contributed by atoms with Crippen molar-refractivity contribution in [3.05, 3.63) is 0 Å². The number of esters is 1. The van der Waals surface area contributed by atoms with Crippen molar-refractivity contribution in [3.8, 4) is 0 Å².